The van der Waals surface area contributed by atoms with Crippen molar-refractivity contribution in [1.82, 2.24) is 9.88 Å². The highest BCUT2D eigenvalue weighted by molar-refractivity contribution is 5.82. The molecule has 1 aromatic rings. The van der Waals surface area contributed by atoms with E-state index < -0.39 is 12.0 Å². The largest absolute Gasteiger partial charge is 0.481 e. The van der Waals surface area contributed by atoms with Crippen LogP contribution in [0.2, 0.25) is 0 Å². The van der Waals surface area contributed by atoms with Gasteiger partial charge in [0.2, 0.25) is 5.88 Å². The van der Waals surface area contributed by atoms with Crippen molar-refractivity contribution >= 4 is 17.6 Å². The molecule has 3 aliphatic rings. The number of pyridine rings is 1. The summed E-state index contributed by atoms with van der Waals surface area (Å²) < 4.78 is 20.5. The van der Waals surface area contributed by atoms with Gasteiger partial charge < -0.3 is 20.5 Å². The zero-order valence-electron chi connectivity index (χ0n) is 15.9. The molecule has 0 bridgehead atoms. The Labute approximate surface area is 158 Å². The fourth-order valence-corrected chi connectivity index (χ4v) is 4.64. The van der Waals surface area contributed by atoms with Gasteiger partial charge >= 0.3 is 0 Å². The molecule has 1 aliphatic carbocycles. The smallest absolute Gasteiger partial charge is 0.213 e. The summed E-state index contributed by atoms with van der Waals surface area (Å²) in [7, 11) is 1.55. The monoisotopic (exact) mass is 374 g/mol. The number of rotatable bonds is 2. The van der Waals surface area contributed by atoms with Crippen LogP contribution in [0.5, 0.6) is 5.88 Å². The lowest BCUT2D eigenvalue weighted by atomic mass is 9.76. The Morgan fingerprint density at radius 1 is 1.30 bits per heavy atom. The maximum absolute atomic E-state index is 15.3. The first-order valence-electron chi connectivity index (χ1n) is 9.60. The van der Waals surface area contributed by atoms with Gasteiger partial charge in [0.15, 0.2) is 0 Å². The van der Waals surface area contributed by atoms with Gasteiger partial charge in [-0.2, -0.15) is 0 Å². The van der Waals surface area contributed by atoms with E-state index in [9.17, 15) is 5.11 Å². The van der Waals surface area contributed by atoms with Crippen LogP contribution in [0, 0.1) is 11.3 Å². The average molecular weight is 374 g/mol. The van der Waals surface area contributed by atoms with Gasteiger partial charge in [-0.25, -0.2) is 9.37 Å². The number of nitrogens with zero attached hydrogens (tertiary/aromatic N) is 3. The molecule has 3 atom stereocenters. The highest BCUT2D eigenvalue weighted by Crippen LogP contribution is 2.48. The fourth-order valence-electron chi connectivity index (χ4n) is 4.64. The van der Waals surface area contributed by atoms with Crippen molar-refractivity contribution in [2.24, 2.45) is 22.1 Å². The molecule has 146 valence electrons. The Balaban J connectivity index is 1.65. The molecule has 1 saturated heterocycles. The standard InChI is InChI=1S/C20H27FN4O2/c1-12-11-23-14-3-4-16(27-2)24-18(14)19(17(12)21)25-7-5-20(6-8-25)9-13(22)15(26)10-20/h3-4,11-13,15,26H,5-10,22H2,1-2H3/t12-,13+,15-/m1/s1. The number of methoxy groups -OCH3 is 1. The molecule has 2 aliphatic heterocycles. The fraction of sp³-hybridized carbons (Fsp3) is 0.600. The van der Waals surface area contributed by atoms with Gasteiger partial charge in [0.05, 0.1) is 24.6 Å². The highest BCUT2D eigenvalue weighted by atomic mass is 19.1. The third kappa shape index (κ3) is 3.23. The van der Waals surface area contributed by atoms with E-state index in [-0.39, 0.29) is 17.3 Å². The number of piperidine rings is 1. The maximum Gasteiger partial charge on any atom is 0.213 e. The van der Waals surface area contributed by atoms with E-state index in [0.29, 0.717) is 36.0 Å². The van der Waals surface area contributed by atoms with Crippen molar-refractivity contribution in [2.75, 3.05) is 20.2 Å². The van der Waals surface area contributed by atoms with E-state index in [2.05, 4.69) is 14.9 Å². The molecule has 3 heterocycles. The zero-order valence-corrected chi connectivity index (χ0v) is 15.9. The Bertz CT molecular complexity index is 774. The lowest BCUT2D eigenvalue weighted by molar-refractivity contribution is 0.111. The van der Waals surface area contributed by atoms with Crippen molar-refractivity contribution in [3.05, 3.63) is 23.7 Å². The van der Waals surface area contributed by atoms with Crippen molar-refractivity contribution in [2.45, 2.75) is 44.8 Å². The quantitative estimate of drug-likeness (QED) is 0.831. The van der Waals surface area contributed by atoms with Crippen LogP contribution < -0.4 is 10.5 Å². The number of likely N-dealkylation sites (tertiary alicyclic amines) is 1. The molecule has 27 heavy (non-hydrogen) atoms. The normalized spacial score (nSPS) is 29.8. The second-order valence-electron chi connectivity index (χ2n) is 8.11. The number of fused-ring (bicyclic) bond motifs is 1. The molecule has 0 radical (unpaired) electrons. The summed E-state index contributed by atoms with van der Waals surface area (Å²) in [6, 6.07) is 3.42. The van der Waals surface area contributed by atoms with E-state index in [1.54, 1.807) is 26.3 Å². The van der Waals surface area contributed by atoms with Crippen molar-refractivity contribution < 1.29 is 14.2 Å². The second-order valence-corrected chi connectivity index (χ2v) is 8.11. The van der Waals surface area contributed by atoms with E-state index in [4.69, 9.17) is 10.5 Å². The topological polar surface area (TPSA) is 84.0 Å². The molecule has 0 aromatic carbocycles. The summed E-state index contributed by atoms with van der Waals surface area (Å²) in [5.74, 6) is -0.169. The maximum atomic E-state index is 15.3. The van der Waals surface area contributed by atoms with Crippen LogP contribution in [0.15, 0.2) is 23.0 Å². The van der Waals surface area contributed by atoms with E-state index in [1.807, 2.05) is 6.07 Å². The number of aliphatic hydroxyl groups is 1. The number of aromatic nitrogens is 1. The number of hydrogen-bond donors (Lipinski definition) is 2. The van der Waals surface area contributed by atoms with Gasteiger partial charge in [0, 0.05) is 37.3 Å². The lowest BCUT2D eigenvalue weighted by Crippen LogP contribution is -2.39. The van der Waals surface area contributed by atoms with E-state index in [0.717, 1.165) is 25.7 Å². The molecule has 1 aromatic heterocycles. The average Bonchev–Trinajstić information content (AvgIpc) is 2.87. The molecule has 1 saturated carbocycles. The summed E-state index contributed by atoms with van der Waals surface area (Å²) in [5, 5.41) is 10.1. The van der Waals surface area contributed by atoms with Gasteiger partial charge in [0.25, 0.3) is 0 Å². The van der Waals surface area contributed by atoms with Crippen LogP contribution in [-0.2, 0) is 0 Å². The van der Waals surface area contributed by atoms with E-state index >= 15 is 4.39 Å². The predicted molar refractivity (Wildman–Crippen MR) is 103 cm³/mol. The summed E-state index contributed by atoms with van der Waals surface area (Å²) in [4.78, 5) is 11.0. The van der Waals surface area contributed by atoms with Gasteiger partial charge in [-0.1, -0.05) is 6.92 Å². The molecule has 2 fully saturated rings. The molecular weight excluding hydrogens is 347 g/mol. The van der Waals surface area contributed by atoms with Crippen LogP contribution in [-0.4, -0.2) is 53.6 Å². The number of aliphatic hydroxyl groups excluding tert-OH is 1. The molecule has 6 nitrogen and oxygen atoms in total. The van der Waals surface area contributed by atoms with Crippen LogP contribution in [0.25, 0.3) is 5.70 Å². The Kier molecular flexibility index (Phi) is 4.68. The SMILES string of the molecule is COc1ccc2c(n1)C(N1CCC3(CC1)C[C@@H](O)[C@@H](N)C3)=C(F)[C@H](C)C=N2. The van der Waals surface area contributed by atoms with E-state index in [1.165, 1.54) is 0 Å². The lowest BCUT2D eigenvalue weighted by Gasteiger charge is -2.41. The number of aliphatic imine (C=N–C) groups is 1. The molecule has 7 heteroatoms. The number of allylic oxidation sites excluding steroid dienone is 1. The first-order valence-corrected chi connectivity index (χ1v) is 9.60. The van der Waals surface area contributed by atoms with Gasteiger partial charge in [0.1, 0.15) is 11.5 Å². The zero-order chi connectivity index (χ0) is 19.2. The summed E-state index contributed by atoms with van der Waals surface area (Å²) in [6.45, 7) is 3.24. The minimum atomic E-state index is -0.426. The molecule has 0 unspecified atom stereocenters. The third-order valence-electron chi connectivity index (χ3n) is 6.29. The van der Waals surface area contributed by atoms with Crippen molar-refractivity contribution in [3.8, 4) is 5.88 Å². The summed E-state index contributed by atoms with van der Waals surface area (Å²) in [6.07, 6.45) is 4.57. The first kappa shape index (κ1) is 18.4. The second kappa shape index (κ2) is 6.87. The number of ether oxygens (including phenoxy) is 1. The van der Waals surface area contributed by atoms with Crippen molar-refractivity contribution in [1.29, 1.82) is 0 Å². The third-order valence-corrected chi connectivity index (χ3v) is 6.29. The minimum absolute atomic E-state index is 0.0733. The number of halogens is 1. The first-order chi connectivity index (χ1) is 12.9. The molecule has 0 amide bonds. The Hall–Kier alpha value is -1.99. The summed E-state index contributed by atoms with van der Waals surface area (Å²) in [5.41, 5.74) is 7.83. The van der Waals surface area contributed by atoms with Gasteiger partial charge in [-0.15, -0.1) is 0 Å². The van der Waals surface area contributed by atoms with Crippen LogP contribution in [0.1, 0.15) is 38.3 Å². The Morgan fingerprint density at radius 3 is 2.67 bits per heavy atom. The van der Waals surface area contributed by atoms with Crippen molar-refractivity contribution in [3.63, 3.8) is 0 Å². The molecule has 3 N–H and O–H groups in total. The van der Waals surface area contributed by atoms with Crippen LogP contribution in [0.4, 0.5) is 10.1 Å². The van der Waals surface area contributed by atoms with Gasteiger partial charge in [-0.05, 0) is 37.2 Å². The minimum Gasteiger partial charge on any atom is -0.481 e. The predicted octanol–water partition coefficient (Wildman–Crippen LogP) is 2.64. The molecule has 4 rings (SSSR count). The van der Waals surface area contributed by atoms with Gasteiger partial charge in [-0.3, -0.25) is 4.99 Å². The summed E-state index contributed by atoms with van der Waals surface area (Å²) >= 11 is 0. The Morgan fingerprint density at radius 2 is 2.04 bits per heavy atom. The highest BCUT2D eigenvalue weighted by Gasteiger charge is 2.45. The van der Waals surface area contributed by atoms with Crippen LogP contribution >= 0.6 is 0 Å². The van der Waals surface area contributed by atoms with Crippen LogP contribution in [0.3, 0.4) is 0 Å². The number of hydrogen-bond acceptors (Lipinski definition) is 6. The molecule has 1 spiro atoms. The molecular formula is C20H27FN4O2. The number of nitrogens with two attached hydrogens (primary N) is 1.